The van der Waals surface area contributed by atoms with Crippen LogP contribution in [0.2, 0.25) is 0 Å². The summed E-state index contributed by atoms with van der Waals surface area (Å²) in [6, 6.07) is 0. The number of rotatable bonds is 5. The molecule has 0 unspecified atom stereocenters. The Labute approximate surface area is 122 Å². The van der Waals surface area contributed by atoms with E-state index >= 15 is 0 Å². The minimum Gasteiger partial charge on any atom is -0.366 e. The lowest BCUT2D eigenvalue weighted by Crippen LogP contribution is -2.33. The van der Waals surface area contributed by atoms with Crippen molar-refractivity contribution in [3.63, 3.8) is 0 Å². The van der Waals surface area contributed by atoms with Gasteiger partial charge in [0.25, 0.3) is 0 Å². The molecule has 7 heteroatoms. The zero-order valence-corrected chi connectivity index (χ0v) is 13.1. The van der Waals surface area contributed by atoms with Gasteiger partial charge in [-0.25, -0.2) is 4.98 Å². The number of nitrogens with zero attached hydrogens (tertiary/aromatic N) is 2. The third kappa shape index (κ3) is 3.33. The fourth-order valence-corrected chi connectivity index (χ4v) is 3.89. The molecule has 1 aliphatic heterocycles. The Morgan fingerprint density at radius 2 is 2.44 bits per heavy atom. The van der Waals surface area contributed by atoms with Gasteiger partial charge in [0.15, 0.2) is 10.3 Å². The Morgan fingerprint density at radius 1 is 1.61 bits per heavy atom. The van der Waals surface area contributed by atoms with E-state index in [4.69, 9.17) is 12.2 Å². The third-order valence-electron chi connectivity index (χ3n) is 2.78. The number of nitrogens with one attached hydrogen (secondary N) is 2. The van der Waals surface area contributed by atoms with Crippen molar-refractivity contribution in [1.29, 1.82) is 0 Å². The zero-order chi connectivity index (χ0) is 13.0. The van der Waals surface area contributed by atoms with Crippen molar-refractivity contribution in [3.05, 3.63) is 11.4 Å². The van der Waals surface area contributed by atoms with Crippen LogP contribution in [-0.4, -0.2) is 39.8 Å². The number of hydrogen-bond acceptors (Lipinski definition) is 4. The molecular formula is C11H18N4S3. The van der Waals surface area contributed by atoms with Crippen molar-refractivity contribution in [2.24, 2.45) is 0 Å². The molecule has 1 aliphatic rings. The minimum absolute atomic E-state index is 0.716. The molecule has 1 aromatic heterocycles. The number of imidazole rings is 1. The van der Waals surface area contributed by atoms with Crippen LogP contribution in [0.15, 0.2) is 5.16 Å². The lowest BCUT2D eigenvalue weighted by atomic mass is 10.4. The molecule has 0 bridgehead atoms. The van der Waals surface area contributed by atoms with Crippen LogP contribution in [0.3, 0.4) is 0 Å². The van der Waals surface area contributed by atoms with Gasteiger partial charge < -0.3 is 15.2 Å². The molecule has 18 heavy (non-hydrogen) atoms. The van der Waals surface area contributed by atoms with Crippen LogP contribution < -0.4 is 10.6 Å². The van der Waals surface area contributed by atoms with Gasteiger partial charge in [-0.3, -0.25) is 0 Å². The van der Waals surface area contributed by atoms with Crippen LogP contribution in [0, 0.1) is 6.92 Å². The van der Waals surface area contributed by atoms with Gasteiger partial charge in [-0.1, -0.05) is 11.8 Å². The summed E-state index contributed by atoms with van der Waals surface area (Å²) in [7, 11) is 1.83. The zero-order valence-electron chi connectivity index (χ0n) is 10.7. The quantitative estimate of drug-likeness (QED) is 0.636. The Balaban J connectivity index is 1.75. The highest BCUT2D eigenvalue weighted by Gasteiger charge is 2.18. The van der Waals surface area contributed by atoms with Gasteiger partial charge in [-0.05, 0) is 19.1 Å². The molecular weight excluding hydrogens is 284 g/mol. The van der Waals surface area contributed by atoms with Crippen molar-refractivity contribution in [3.8, 4) is 0 Å². The number of aryl methyl sites for hydroxylation is 1. The monoisotopic (exact) mass is 302 g/mol. The number of hydrogen-bond donors (Lipinski definition) is 2. The molecule has 0 saturated heterocycles. The molecule has 2 N–H and O–H groups in total. The van der Waals surface area contributed by atoms with E-state index in [-0.39, 0.29) is 0 Å². The third-order valence-corrected chi connectivity index (χ3v) is 5.06. The van der Waals surface area contributed by atoms with Crippen LogP contribution in [-0.2, 0) is 12.3 Å². The Kier molecular flexibility index (Phi) is 5.20. The van der Waals surface area contributed by atoms with E-state index in [0.717, 1.165) is 30.3 Å². The smallest absolute Gasteiger partial charge is 0.168 e. The first-order valence-corrected chi connectivity index (χ1v) is 8.49. The van der Waals surface area contributed by atoms with Gasteiger partial charge in [0.2, 0.25) is 0 Å². The van der Waals surface area contributed by atoms with Crippen LogP contribution in [0.25, 0.3) is 0 Å². The number of thiocarbonyl (C=S) groups is 1. The van der Waals surface area contributed by atoms with Crippen molar-refractivity contribution in [2.45, 2.75) is 24.4 Å². The molecule has 2 heterocycles. The van der Waals surface area contributed by atoms with Crippen molar-refractivity contribution < 1.29 is 0 Å². The molecule has 0 spiro atoms. The van der Waals surface area contributed by atoms with E-state index in [9.17, 15) is 0 Å². The predicted molar refractivity (Wildman–Crippen MR) is 83.5 cm³/mol. The van der Waals surface area contributed by atoms with Crippen LogP contribution >= 0.6 is 35.7 Å². The summed E-state index contributed by atoms with van der Waals surface area (Å²) in [5, 5.41) is 7.97. The van der Waals surface area contributed by atoms with Crippen LogP contribution in [0.5, 0.6) is 0 Å². The normalized spacial score (nSPS) is 13.4. The maximum atomic E-state index is 5.02. The highest BCUT2D eigenvalue weighted by Crippen LogP contribution is 2.29. The van der Waals surface area contributed by atoms with Crippen molar-refractivity contribution in [1.82, 2.24) is 20.2 Å². The van der Waals surface area contributed by atoms with E-state index in [2.05, 4.69) is 27.1 Å². The maximum absolute atomic E-state index is 5.02. The first kappa shape index (κ1) is 14.0. The molecule has 1 aromatic rings. The second kappa shape index (κ2) is 6.68. The Morgan fingerprint density at radius 3 is 3.22 bits per heavy atom. The Bertz CT molecular complexity index is 430. The molecule has 0 radical (unpaired) electrons. The van der Waals surface area contributed by atoms with Gasteiger partial charge in [-0.15, -0.1) is 0 Å². The molecule has 0 aliphatic carbocycles. The summed E-state index contributed by atoms with van der Waals surface area (Å²) in [5.41, 5.74) is 2.57. The molecule has 4 nitrogen and oxygen atoms in total. The second-order valence-corrected chi connectivity index (χ2v) is 6.56. The number of thioether (sulfide) groups is 2. The van der Waals surface area contributed by atoms with E-state index in [1.54, 1.807) is 0 Å². The second-order valence-electron chi connectivity index (χ2n) is 3.99. The fraction of sp³-hybridized carbons (Fsp3) is 0.636. The van der Waals surface area contributed by atoms with Gasteiger partial charge >= 0.3 is 0 Å². The topological polar surface area (TPSA) is 41.9 Å². The summed E-state index contributed by atoms with van der Waals surface area (Å²) in [6.07, 6.45) is 0. The first-order chi connectivity index (χ1) is 8.72. The standard InChI is InChI=1S/C11H18N4S3/c1-8-9(15-4-6-18-11(15)14-8)7-17-5-3-13-10(16)12-2/h3-7H2,1-2H3,(H2,12,13,16). The lowest BCUT2D eigenvalue weighted by Gasteiger charge is -2.08. The Hall–Kier alpha value is -0.400. The van der Waals surface area contributed by atoms with E-state index in [1.807, 2.05) is 30.6 Å². The average Bonchev–Trinajstić information content (AvgIpc) is 2.90. The predicted octanol–water partition coefficient (Wildman–Crippen LogP) is 1.62. The van der Waals surface area contributed by atoms with Gasteiger partial charge in [-0.2, -0.15) is 11.8 Å². The fourth-order valence-electron chi connectivity index (χ4n) is 1.82. The minimum atomic E-state index is 0.716. The number of fused-ring (bicyclic) bond motifs is 1. The summed E-state index contributed by atoms with van der Waals surface area (Å²) < 4.78 is 2.36. The van der Waals surface area contributed by atoms with Gasteiger partial charge in [0, 0.05) is 37.4 Å². The molecule has 0 saturated carbocycles. The van der Waals surface area contributed by atoms with Crippen molar-refractivity contribution in [2.75, 3.05) is 25.1 Å². The summed E-state index contributed by atoms with van der Waals surface area (Å²) in [6.45, 7) is 4.12. The highest BCUT2D eigenvalue weighted by atomic mass is 32.2. The molecule has 0 fully saturated rings. The molecule has 100 valence electrons. The van der Waals surface area contributed by atoms with E-state index in [0.29, 0.717) is 5.11 Å². The van der Waals surface area contributed by atoms with Crippen LogP contribution in [0.4, 0.5) is 0 Å². The van der Waals surface area contributed by atoms with E-state index in [1.165, 1.54) is 16.5 Å². The van der Waals surface area contributed by atoms with Crippen LogP contribution in [0.1, 0.15) is 11.4 Å². The van der Waals surface area contributed by atoms with Crippen molar-refractivity contribution >= 4 is 40.9 Å². The molecule has 0 amide bonds. The average molecular weight is 302 g/mol. The SMILES string of the molecule is CNC(=S)NCCSCc1c(C)nc2n1CCS2. The largest absolute Gasteiger partial charge is 0.366 e. The highest BCUT2D eigenvalue weighted by molar-refractivity contribution is 7.99. The molecule has 0 aromatic carbocycles. The first-order valence-electron chi connectivity index (χ1n) is 5.94. The molecule has 2 rings (SSSR count). The lowest BCUT2D eigenvalue weighted by molar-refractivity contribution is 0.695. The number of aromatic nitrogens is 2. The molecule has 0 atom stereocenters. The van der Waals surface area contributed by atoms with Gasteiger partial charge in [0.05, 0.1) is 11.4 Å². The maximum Gasteiger partial charge on any atom is 0.168 e. The summed E-state index contributed by atoms with van der Waals surface area (Å²) in [5.74, 6) is 3.25. The van der Waals surface area contributed by atoms with Gasteiger partial charge in [0.1, 0.15) is 0 Å². The van der Waals surface area contributed by atoms with E-state index < -0.39 is 0 Å². The summed E-state index contributed by atoms with van der Waals surface area (Å²) >= 11 is 8.80. The summed E-state index contributed by atoms with van der Waals surface area (Å²) in [4.78, 5) is 4.60.